The highest BCUT2D eigenvalue weighted by molar-refractivity contribution is 9.10. The largest absolute Gasteiger partial charge is 0.484 e. The Balaban J connectivity index is 1.89. The van der Waals surface area contributed by atoms with Crippen molar-refractivity contribution in [3.8, 4) is 5.75 Å². The number of ether oxygens (including phenoxy) is 1. The Labute approximate surface area is 129 Å². The zero-order valence-electron chi connectivity index (χ0n) is 11.1. The molecule has 0 atom stereocenters. The zero-order chi connectivity index (χ0) is 14.8. The van der Waals surface area contributed by atoms with Crippen LogP contribution >= 0.6 is 15.9 Å². The number of benzene rings is 2. The molecule has 0 unspecified atom stereocenters. The standard InChI is InChI=1S/C16H13BrFNO2/c17-13-6-5-10(18)7-15(13)20-9-16-12(8-19)11-3-1-2-4-14(11)21-16/h1-7H,8-9,19H2. The third-order valence-electron chi connectivity index (χ3n) is 3.24. The van der Waals surface area contributed by atoms with Crippen molar-refractivity contribution in [2.24, 2.45) is 5.73 Å². The Morgan fingerprint density at radius 1 is 1.19 bits per heavy atom. The fraction of sp³-hybridized carbons (Fsp3) is 0.125. The summed E-state index contributed by atoms with van der Waals surface area (Å²) in [4.78, 5) is 0. The van der Waals surface area contributed by atoms with E-state index in [9.17, 15) is 4.39 Å². The van der Waals surface area contributed by atoms with Crippen LogP contribution in [0.25, 0.3) is 11.0 Å². The second-order valence-corrected chi connectivity index (χ2v) is 5.42. The molecule has 0 bridgehead atoms. The maximum Gasteiger partial charge on any atom is 0.147 e. The SMILES string of the molecule is NCc1c(COc2cc(F)ccc2Br)oc2ccccc12. The second kappa shape index (κ2) is 5.87. The molecular weight excluding hydrogens is 337 g/mol. The lowest BCUT2D eigenvalue weighted by Gasteiger charge is -2.07. The number of hydrogen-bond donors (Lipinski definition) is 1. The fourth-order valence-corrected chi connectivity index (χ4v) is 2.58. The van der Waals surface area contributed by atoms with Crippen LogP contribution < -0.4 is 10.5 Å². The molecular formula is C16H13BrFNO2. The first-order chi connectivity index (χ1) is 10.2. The van der Waals surface area contributed by atoms with Crippen LogP contribution in [0.15, 0.2) is 51.4 Å². The minimum Gasteiger partial charge on any atom is -0.484 e. The maximum absolute atomic E-state index is 13.2. The van der Waals surface area contributed by atoms with E-state index < -0.39 is 0 Å². The van der Waals surface area contributed by atoms with Crippen molar-refractivity contribution in [3.63, 3.8) is 0 Å². The lowest BCUT2D eigenvalue weighted by molar-refractivity contribution is 0.270. The van der Waals surface area contributed by atoms with Gasteiger partial charge in [-0.05, 0) is 34.1 Å². The molecule has 3 aromatic rings. The first-order valence-corrected chi connectivity index (χ1v) is 7.25. The van der Waals surface area contributed by atoms with E-state index in [1.54, 1.807) is 6.07 Å². The molecule has 0 aliphatic rings. The van der Waals surface area contributed by atoms with Crippen LogP contribution in [0.2, 0.25) is 0 Å². The Hall–Kier alpha value is -1.85. The molecule has 2 N–H and O–H groups in total. The van der Waals surface area contributed by atoms with E-state index in [4.69, 9.17) is 14.9 Å². The first kappa shape index (κ1) is 14.1. The predicted molar refractivity (Wildman–Crippen MR) is 82.5 cm³/mol. The van der Waals surface area contributed by atoms with Crippen molar-refractivity contribution >= 4 is 26.9 Å². The van der Waals surface area contributed by atoms with Gasteiger partial charge in [0.15, 0.2) is 0 Å². The monoisotopic (exact) mass is 349 g/mol. The summed E-state index contributed by atoms with van der Waals surface area (Å²) < 4.78 is 25.3. The molecule has 0 radical (unpaired) electrons. The number of nitrogens with two attached hydrogens (primary N) is 1. The van der Waals surface area contributed by atoms with Crippen LogP contribution in [0.4, 0.5) is 4.39 Å². The van der Waals surface area contributed by atoms with Crippen molar-refractivity contribution < 1.29 is 13.5 Å². The molecule has 21 heavy (non-hydrogen) atoms. The number of halogens is 2. The Morgan fingerprint density at radius 3 is 2.81 bits per heavy atom. The molecule has 1 heterocycles. The average Bonchev–Trinajstić information content (AvgIpc) is 2.85. The van der Waals surface area contributed by atoms with Crippen molar-refractivity contribution in [2.75, 3.05) is 0 Å². The van der Waals surface area contributed by atoms with Gasteiger partial charge in [0, 0.05) is 23.6 Å². The first-order valence-electron chi connectivity index (χ1n) is 6.46. The van der Waals surface area contributed by atoms with Gasteiger partial charge in [-0.25, -0.2) is 4.39 Å². The van der Waals surface area contributed by atoms with E-state index in [2.05, 4.69) is 15.9 Å². The van der Waals surface area contributed by atoms with Gasteiger partial charge in [0.25, 0.3) is 0 Å². The summed E-state index contributed by atoms with van der Waals surface area (Å²) in [5, 5.41) is 0.983. The topological polar surface area (TPSA) is 48.4 Å². The normalized spacial score (nSPS) is 11.0. The van der Waals surface area contributed by atoms with Crippen LogP contribution in [0.3, 0.4) is 0 Å². The van der Waals surface area contributed by atoms with Crippen LogP contribution in [0.5, 0.6) is 5.75 Å². The predicted octanol–water partition coefficient (Wildman–Crippen LogP) is 4.37. The molecule has 0 aliphatic carbocycles. The van der Waals surface area contributed by atoms with Gasteiger partial charge in [-0.3, -0.25) is 0 Å². The molecule has 3 rings (SSSR count). The average molecular weight is 350 g/mol. The van der Waals surface area contributed by atoms with Crippen molar-refractivity contribution in [1.82, 2.24) is 0 Å². The van der Waals surface area contributed by atoms with Gasteiger partial charge in [0.1, 0.15) is 29.5 Å². The second-order valence-electron chi connectivity index (χ2n) is 4.57. The summed E-state index contributed by atoms with van der Waals surface area (Å²) in [6.07, 6.45) is 0. The Morgan fingerprint density at radius 2 is 2.00 bits per heavy atom. The van der Waals surface area contributed by atoms with Gasteiger partial charge in [-0.2, -0.15) is 0 Å². The molecule has 0 spiro atoms. The van der Waals surface area contributed by atoms with Gasteiger partial charge >= 0.3 is 0 Å². The van der Waals surface area contributed by atoms with E-state index >= 15 is 0 Å². The quantitative estimate of drug-likeness (QED) is 0.760. The summed E-state index contributed by atoms with van der Waals surface area (Å²) in [7, 11) is 0. The molecule has 108 valence electrons. The van der Waals surface area contributed by atoms with Crippen LogP contribution in [0.1, 0.15) is 11.3 Å². The smallest absolute Gasteiger partial charge is 0.147 e. The third-order valence-corrected chi connectivity index (χ3v) is 3.89. The zero-order valence-corrected chi connectivity index (χ0v) is 12.7. The van der Waals surface area contributed by atoms with Crippen molar-refractivity contribution in [1.29, 1.82) is 0 Å². The van der Waals surface area contributed by atoms with Gasteiger partial charge in [0.05, 0.1) is 4.47 Å². The molecule has 0 saturated heterocycles. The molecule has 0 aliphatic heterocycles. The number of furan rings is 1. The van der Waals surface area contributed by atoms with Crippen molar-refractivity contribution in [2.45, 2.75) is 13.2 Å². The fourth-order valence-electron chi connectivity index (χ4n) is 2.22. The molecule has 0 saturated carbocycles. The molecule has 5 heteroatoms. The van der Waals surface area contributed by atoms with Crippen LogP contribution in [0, 0.1) is 5.82 Å². The summed E-state index contributed by atoms with van der Waals surface area (Å²) in [5.41, 5.74) is 7.49. The minimum atomic E-state index is -0.350. The molecule has 0 amide bonds. The molecule has 1 aromatic heterocycles. The lowest BCUT2D eigenvalue weighted by Crippen LogP contribution is -2.02. The van der Waals surface area contributed by atoms with Gasteiger partial charge in [-0.1, -0.05) is 18.2 Å². The summed E-state index contributed by atoms with van der Waals surface area (Å²) in [6, 6.07) is 12.0. The van der Waals surface area contributed by atoms with E-state index in [1.165, 1.54) is 12.1 Å². The highest BCUT2D eigenvalue weighted by Gasteiger charge is 2.13. The Kier molecular flexibility index (Phi) is 3.94. The number of hydrogen-bond acceptors (Lipinski definition) is 3. The number of para-hydroxylation sites is 1. The molecule has 3 nitrogen and oxygen atoms in total. The summed E-state index contributed by atoms with van der Waals surface area (Å²) in [6.45, 7) is 0.559. The molecule has 0 fully saturated rings. The maximum atomic E-state index is 13.2. The van der Waals surface area contributed by atoms with Gasteiger partial charge in [-0.15, -0.1) is 0 Å². The van der Waals surface area contributed by atoms with Gasteiger partial charge < -0.3 is 14.9 Å². The van der Waals surface area contributed by atoms with Crippen LogP contribution in [-0.2, 0) is 13.2 Å². The summed E-state index contributed by atoms with van der Waals surface area (Å²) in [5.74, 6) is 0.741. The molecule has 2 aromatic carbocycles. The number of fused-ring (bicyclic) bond motifs is 1. The van der Waals surface area contributed by atoms with Crippen molar-refractivity contribution in [3.05, 3.63) is 64.1 Å². The lowest BCUT2D eigenvalue weighted by atomic mass is 10.1. The van der Waals surface area contributed by atoms with E-state index in [0.717, 1.165) is 16.5 Å². The van der Waals surface area contributed by atoms with E-state index in [-0.39, 0.29) is 12.4 Å². The Bertz CT molecular complexity index is 785. The van der Waals surface area contributed by atoms with Crippen LogP contribution in [-0.4, -0.2) is 0 Å². The summed E-state index contributed by atoms with van der Waals surface area (Å²) >= 11 is 3.33. The van der Waals surface area contributed by atoms with Gasteiger partial charge in [0.2, 0.25) is 0 Å². The minimum absolute atomic E-state index is 0.198. The van der Waals surface area contributed by atoms with E-state index in [1.807, 2.05) is 24.3 Å². The van der Waals surface area contributed by atoms with E-state index in [0.29, 0.717) is 22.5 Å². The highest BCUT2D eigenvalue weighted by Crippen LogP contribution is 2.29. The highest BCUT2D eigenvalue weighted by atomic mass is 79.9. The third kappa shape index (κ3) is 2.80. The number of rotatable bonds is 4.